The molecule has 0 fully saturated rings. The van der Waals surface area contributed by atoms with Crippen LogP contribution in [0.25, 0.3) is 11.4 Å². The summed E-state index contributed by atoms with van der Waals surface area (Å²) < 4.78 is 5.05. The van der Waals surface area contributed by atoms with Gasteiger partial charge >= 0.3 is 0 Å². The smallest absolute Gasteiger partial charge is 0.179 e. The molecule has 2 nitrogen and oxygen atoms in total. The molecule has 0 spiro atoms. The molecule has 1 aromatic heterocycles. The number of hydrogen-bond donors (Lipinski definition) is 0. The maximum absolute atomic E-state index is 4.26. The molecular formula is C10H9BrN2S. The van der Waals surface area contributed by atoms with Crippen LogP contribution in [0.4, 0.5) is 0 Å². The van der Waals surface area contributed by atoms with E-state index in [9.17, 15) is 0 Å². The third-order valence-electron chi connectivity index (χ3n) is 2.02. The molecule has 1 aromatic carbocycles. The average molecular weight is 269 g/mol. The van der Waals surface area contributed by atoms with Crippen LogP contribution in [-0.2, 0) is 6.42 Å². The van der Waals surface area contributed by atoms with Gasteiger partial charge in [0, 0.05) is 5.56 Å². The van der Waals surface area contributed by atoms with Gasteiger partial charge in [-0.05, 0) is 39.4 Å². The van der Waals surface area contributed by atoms with Crippen molar-refractivity contribution in [3.63, 3.8) is 0 Å². The fourth-order valence-electron chi connectivity index (χ4n) is 1.21. The minimum absolute atomic E-state index is 0.796. The van der Waals surface area contributed by atoms with E-state index in [1.807, 2.05) is 0 Å². The van der Waals surface area contributed by atoms with Crippen LogP contribution >= 0.6 is 27.5 Å². The van der Waals surface area contributed by atoms with E-state index in [0.717, 1.165) is 21.7 Å². The van der Waals surface area contributed by atoms with E-state index in [4.69, 9.17) is 0 Å². The Morgan fingerprint density at radius 1 is 1.29 bits per heavy atom. The molecule has 0 radical (unpaired) electrons. The van der Waals surface area contributed by atoms with Crippen LogP contribution < -0.4 is 0 Å². The molecule has 0 aliphatic carbocycles. The highest BCUT2D eigenvalue weighted by atomic mass is 79.9. The molecule has 0 atom stereocenters. The van der Waals surface area contributed by atoms with Gasteiger partial charge in [-0.15, -0.1) is 0 Å². The molecular weight excluding hydrogens is 260 g/mol. The number of hydrogen-bond acceptors (Lipinski definition) is 3. The summed E-state index contributed by atoms with van der Waals surface area (Å²) >= 11 is 4.67. The van der Waals surface area contributed by atoms with Crippen LogP contribution in [-0.4, -0.2) is 9.36 Å². The van der Waals surface area contributed by atoms with Gasteiger partial charge in [0.15, 0.2) is 9.74 Å². The first-order valence-corrected chi connectivity index (χ1v) is 5.94. The third kappa shape index (κ3) is 2.01. The van der Waals surface area contributed by atoms with Crippen molar-refractivity contribution in [1.29, 1.82) is 0 Å². The van der Waals surface area contributed by atoms with Gasteiger partial charge in [0.05, 0.1) is 0 Å². The van der Waals surface area contributed by atoms with Crippen LogP contribution in [0.3, 0.4) is 0 Å². The quantitative estimate of drug-likeness (QED) is 0.833. The van der Waals surface area contributed by atoms with Gasteiger partial charge in [0.2, 0.25) is 0 Å². The molecule has 72 valence electrons. The van der Waals surface area contributed by atoms with Crippen LogP contribution in [0.1, 0.15) is 12.5 Å². The lowest BCUT2D eigenvalue weighted by atomic mass is 10.1. The molecule has 2 rings (SSSR count). The minimum atomic E-state index is 0.796. The van der Waals surface area contributed by atoms with Crippen molar-refractivity contribution in [2.75, 3.05) is 0 Å². The molecule has 0 bridgehead atoms. The standard InChI is InChI=1S/C10H9BrN2S/c1-2-7-3-5-8(6-4-7)9-12-10(11)14-13-9/h3-6H,2H2,1H3. The Morgan fingerprint density at radius 3 is 2.50 bits per heavy atom. The summed E-state index contributed by atoms with van der Waals surface area (Å²) in [5.41, 5.74) is 2.41. The van der Waals surface area contributed by atoms with Gasteiger partial charge in [-0.25, -0.2) is 4.98 Å². The summed E-state index contributed by atoms with van der Waals surface area (Å²) in [5.74, 6) is 0.796. The number of halogens is 1. The molecule has 4 heteroatoms. The number of benzene rings is 1. The molecule has 2 aromatic rings. The zero-order chi connectivity index (χ0) is 9.97. The molecule has 0 aliphatic heterocycles. The van der Waals surface area contributed by atoms with Crippen LogP contribution in [0.5, 0.6) is 0 Å². The highest BCUT2D eigenvalue weighted by molar-refractivity contribution is 9.11. The third-order valence-corrected chi connectivity index (χ3v) is 3.14. The molecule has 0 amide bonds. The zero-order valence-corrected chi connectivity index (χ0v) is 10.1. The van der Waals surface area contributed by atoms with Gasteiger partial charge < -0.3 is 0 Å². The van der Waals surface area contributed by atoms with Crippen molar-refractivity contribution in [2.24, 2.45) is 0 Å². The number of aromatic nitrogens is 2. The lowest BCUT2D eigenvalue weighted by Crippen LogP contribution is -1.82. The zero-order valence-electron chi connectivity index (χ0n) is 7.70. The first-order chi connectivity index (χ1) is 6.79. The van der Waals surface area contributed by atoms with E-state index >= 15 is 0 Å². The molecule has 0 N–H and O–H groups in total. The number of rotatable bonds is 2. The van der Waals surface area contributed by atoms with Gasteiger partial charge in [-0.1, -0.05) is 31.2 Å². The molecule has 0 unspecified atom stereocenters. The van der Waals surface area contributed by atoms with Crippen molar-refractivity contribution in [2.45, 2.75) is 13.3 Å². The fourth-order valence-corrected chi connectivity index (χ4v) is 2.03. The van der Waals surface area contributed by atoms with E-state index in [2.05, 4.69) is 56.5 Å². The Balaban J connectivity index is 2.33. The monoisotopic (exact) mass is 268 g/mol. The highest BCUT2D eigenvalue weighted by Crippen LogP contribution is 2.21. The van der Waals surface area contributed by atoms with Gasteiger partial charge in [0.1, 0.15) is 0 Å². The topological polar surface area (TPSA) is 25.8 Å². The second kappa shape index (κ2) is 4.19. The van der Waals surface area contributed by atoms with E-state index in [1.165, 1.54) is 17.1 Å². The van der Waals surface area contributed by atoms with Crippen LogP contribution in [0, 0.1) is 0 Å². The first-order valence-electron chi connectivity index (χ1n) is 4.38. The summed E-state index contributed by atoms with van der Waals surface area (Å²) in [5, 5.41) is 0. The SMILES string of the molecule is CCc1ccc(-c2nsc(Br)n2)cc1. The summed E-state index contributed by atoms with van der Waals surface area (Å²) in [6, 6.07) is 8.36. The normalized spacial score (nSPS) is 10.4. The van der Waals surface area contributed by atoms with Crippen molar-refractivity contribution in [3.8, 4) is 11.4 Å². The maximum Gasteiger partial charge on any atom is 0.179 e. The molecule has 1 heterocycles. The summed E-state index contributed by atoms with van der Waals surface area (Å²) in [6.07, 6.45) is 1.06. The first kappa shape index (κ1) is 9.80. The summed E-state index contributed by atoms with van der Waals surface area (Å²) in [7, 11) is 0. The maximum atomic E-state index is 4.26. The molecule has 0 aliphatic rings. The van der Waals surface area contributed by atoms with E-state index in [-0.39, 0.29) is 0 Å². The van der Waals surface area contributed by atoms with Gasteiger partial charge in [-0.3, -0.25) is 0 Å². The van der Waals surface area contributed by atoms with Gasteiger partial charge in [0.25, 0.3) is 0 Å². The van der Waals surface area contributed by atoms with Crippen LogP contribution in [0.15, 0.2) is 28.2 Å². The number of nitrogens with zero attached hydrogens (tertiary/aromatic N) is 2. The molecule has 14 heavy (non-hydrogen) atoms. The minimum Gasteiger partial charge on any atom is -0.208 e. The Hall–Kier alpha value is -0.740. The second-order valence-electron chi connectivity index (χ2n) is 2.92. The molecule has 0 saturated carbocycles. The summed E-state index contributed by atoms with van der Waals surface area (Å²) in [4.78, 5) is 4.26. The highest BCUT2D eigenvalue weighted by Gasteiger charge is 2.03. The Kier molecular flexibility index (Phi) is 2.93. The van der Waals surface area contributed by atoms with E-state index in [1.54, 1.807) is 0 Å². The second-order valence-corrected chi connectivity index (χ2v) is 4.95. The lowest BCUT2D eigenvalue weighted by Gasteiger charge is -1.97. The van der Waals surface area contributed by atoms with Crippen molar-refractivity contribution in [1.82, 2.24) is 9.36 Å². The Labute approximate surface area is 95.3 Å². The number of aryl methyl sites for hydroxylation is 1. The Bertz CT molecular complexity index is 422. The molecule has 0 saturated heterocycles. The van der Waals surface area contributed by atoms with E-state index in [0.29, 0.717) is 0 Å². The van der Waals surface area contributed by atoms with Crippen molar-refractivity contribution < 1.29 is 0 Å². The largest absolute Gasteiger partial charge is 0.208 e. The fraction of sp³-hybridized carbons (Fsp3) is 0.200. The predicted octanol–water partition coefficient (Wildman–Crippen LogP) is 3.53. The summed E-state index contributed by atoms with van der Waals surface area (Å²) in [6.45, 7) is 2.15. The van der Waals surface area contributed by atoms with Crippen molar-refractivity contribution >= 4 is 27.5 Å². The average Bonchev–Trinajstić information content (AvgIpc) is 2.65. The van der Waals surface area contributed by atoms with Crippen LogP contribution in [0.2, 0.25) is 0 Å². The Morgan fingerprint density at radius 2 is 2.00 bits per heavy atom. The van der Waals surface area contributed by atoms with Crippen molar-refractivity contribution in [3.05, 3.63) is 33.7 Å². The van der Waals surface area contributed by atoms with Gasteiger partial charge in [-0.2, -0.15) is 4.37 Å². The lowest BCUT2D eigenvalue weighted by molar-refractivity contribution is 1.14. The van der Waals surface area contributed by atoms with E-state index < -0.39 is 0 Å². The predicted molar refractivity (Wildman–Crippen MR) is 62.4 cm³/mol.